The van der Waals surface area contributed by atoms with Crippen molar-refractivity contribution in [3.8, 4) is 0 Å². The van der Waals surface area contributed by atoms with E-state index in [1.807, 2.05) is 13.8 Å². The first-order valence-electron chi connectivity index (χ1n) is 4.66. The zero-order valence-corrected chi connectivity index (χ0v) is 9.23. The lowest BCUT2D eigenvalue weighted by Gasteiger charge is -2.25. The highest BCUT2D eigenvalue weighted by Crippen LogP contribution is 1.98. The average molecular weight is 220 g/mol. The van der Waals surface area contributed by atoms with Crippen LogP contribution in [0.3, 0.4) is 0 Å². The van der Waals surface area contributed by atoms with Crippen LogP contribution >= 0.6 is 0 Å². The van der Waals surface area contributed by atoms with Crippen LogP contribution in [0.4, 0.5) is 0 Å². The smallest absolute Gasteiger partial charge is 0.232 e. The Labute approximate surface area is 85.4 Å². The molecule has 0 saturated carbocycles. The van der Waals surface area contributed by atoms with Crippen LogP contribution in [0.2, 0.25) is 0 Å². The summed E-state index contributed by atoms with van der Waals surface area (Å²) in [6.45, 7) is 5.91. The van der Waals surface area contributed by atoms with Gasteiger partial charge in [0.05, 0.1) is 6.61 Å². The molecule has 2 N–H and O–H groups in total. The van der Waals surface area contributed by atoms with Gasteiger partial charge in [-0.05, 0) is 5.92 Å². The minimum atomic E-state index is -2.23. The summed E-state index contributed by atoms with van der Waals surface area (Å²) in [6, 6.07) is 0. The quantitative estimate of drug-likeness (QED) is 0.609. The monoisotopic (exact) mass is 220 g/mol. The third-order valence-electron chi connectivity index (χ3n) is 1.77. The predicted molar refractivity (Wildman–Crippen MR) is 54.5 cm³/mol. The Hall–Kier alpha value is -0.430. The molecule has 1 aliphatic heterocycles. The summed E-state index contributed by atoms with van der Waals surface area (Å²) in [5.41, 5.74) is 0. The molecule has 14 heavy (non-hydrogen) atoms. The number of rotatable bonds is 3. The molecule has 0 aromatic rings. The molecule has 0 aromatic heterocycles. The third-order valence-corrected chi connectivity index (χ3v) is 2.49. The molecule has 0 bridgehead atoms. The van der Waals surface area contributed by atoms with Crippen molar-refractivity contribution in [1.82, 2.24) is 10.6 Å². The lowest BCUT2D eigenvalue weighted by atomic mass is 10.2. The topological polar surface area (TPSA) is 67.4 Å². The van der Waals surface area contributed by atoms with Crippen LogP contribution in [-0.2, 0) is 15.0 Å². The molecule has 1 aliphatic rings. The lowest BCUT2D eigenvalue weighted by molar-refractivity contribution is 0.0524. The van der Waals surface area contributed by atoms with Crippen LogP contribution in [0.1, 0.15) is 13.8 Å². The van der Waals surface area contributed by atoms with Crippen LogP contribution in [0.5, 0.6) is 0 Å². The second-order valence-corrected chi connectivity index (χ2v) is 4.50. The lowest BCUT2D eigenvalue weighted by Crippen LogP contribution is -2.54. The van der Waals surface area contributed by atoms with Crippen molar-refractivity contribution in [2.45, 2.75) is 20.1 Å². The Balaban J connectivity index is 2.60. The fraction of sp³-hybridized carbons (Fsp3) is 0.875. The van der Waals surface area contributed by atoms with Crippen molar-refractivity contribution in [2.24, 2.45) is 5.92 Å². The largest absolute Gasteiger partial charge is 0.357 e. The van der Waals surface area contributed by atoms with Crippen molar-refractivity contribution in [1.29, 1.82) is 0 Å². The zero-order valence-electron chi connectivity index (χ0n) is 8.41. The highest BCUT2D eigenvalue weighted by molar-refractivity contribution is 7.73. The summed E-state index contributed by atoms with van der Waals surface area (Å²) in [5.74, 6) is 0.389. The van der Waals surface area contributed by atoms with E-state index in [1.54, 1.807) is 0 Å². The van der Waals surface area contributed by atoms with Gasteiger partial charge in [0.15, 0.2) is 11.2 Å². The van der Waals surface area contributed by atoms with Crippen LogP contribution in [0, 0.1) is 5.92 Å². The number of nitrogens with one attached hydrogen (secondary N) is 2. The van der Waals surface area contributed by atoms with Crippen molar-refractivity contribution >= 4 is 15.3 Å². The zero-order chi connectivity index (χ0) is 10.6. The summed E-state index contributed by atoms with van der Waals surface area (Å²) >= 11 is 0. The van der Waals surface area contributed by atoms with Crippen LogP contribution in [0.25, 0.3) is 0 Å². The van der Waals surface area contributed by atoms with Gasteiger partial charge in [-0.1, -0.05) is 13.8 Å². The Morgan fingerprint density at radius 2 is 2.21 bits per heavy atom. The summed E-state index contributed by atoms with van der Waals surface area (Å²) in [4.78, 5) is 0.205. The molecular formula is C8H16N2O3S. The number of hydrogen-bond donors (Lipinski definition) is 2. The Morgan fingerprint density at radius 3 is 2.79 bits per heavy atom. The number of piperazine rings is 1. The molecule has 1 unspecified atom stereocenters. The van der Waals surface area contributed by atoms with Crippen molar-refractivity contribution in [3.05, 3.63) is 0 Å². The molecule has 6 heteroatoms. The molecule has 0 amide bonds. The van der Waals surface area contributed by atoms with Gasteiger partial charge in [0.2, 0.25) is 10.3 Å². The van der Waals surface area contributed by atoms with Gasteiger partial charge in [-0.15, -0.1) is 0 Å². The fourth-order valence-corrected chi connectivity index (χ4v) is 1.69. The summed E-state index contributed by atoms with van der Waals surface area (Å²) in [6.07, 6.45) is -0.510. The molecule has 5 nitrogen and oxygen atoms in total. The van der Waals surface area contributed by atoms with Gasteiger partial charge in [0.25, 0.3) is 0 Å². The molecule has 1 fully saturated rings. The Morgan fingerprint density at radius 1 is 1.50 bits per heavy atom. The maximum atomic E-state index is 10.8. The number of ether oxygens (including phenoxy) is 1. The number of hydrogen-bond acceptors (Lipinski definition) is 4. The standard InChI is InChI=1S/C8H16N2O3S/c1-6(2)5-13-7-8(14(11)12)10-4-3-9-7/h6-7,9-10H,3-5H2,1-2H3. The molecule has 1 saturated heterocycles. The van der Waals surface area contributed by atoms with Crippen molar-refractivity contribution < 1.29 is 13.2 Å². The molecule has 0 aromatic carbocycles. The summed E-state index contributed by atoms with van der Waals surface area (Å²) in [7, 11) is -2.23. The van der Waals surface area contributed by atoms with E-state index in [4.69, 9.17) is 4.74 Å². The molecule has 1 heterocycles. The fourth-order valence-electron chi connectivity index (χ4n) is 1.14. The van der Waals surface area contributed by atoms with Gasteiger partial charge in [-0.25, -0.2) is 0 Å². The van der Waals surface area contributed by atoms with Gasteiger partial charge in [-0.3, -0.25) is 10.6 Å². The van der Waals surface area contributed by atoms with E-state index in [0.29, 0.717) is 25.6 Å². The van der Waals surface area contributed by atoms with Crippen LogP contribution in [0.15, 0.2) is 0 Å². The minimum absolute atomic E-state index is 0.205. The second-order valence-electron chi connectivity index (χ2n) is 3.59. The molecule has 0 aliphatic carbocycles. The SMILES string of the molecule is CC(C)COC1NCCNC1=S(=O)=O. The van der Waals surface area contributed by atoms with E-state index in [2.05, 4.69) is 10.6 Å². The summed E-state index contributed by atoms with van der Waals surface area (Å²) in [5, 5.41) is 5.80. The van der Waals surface area contributed by atoms with Gasteiger partial charge in [-0.2, -0.15) is 8.42 Å². The minimum Gasteiger partial charge on any atom is -0.357 e. The molecule has 82 valence electrons. The highest BCUT2D eigenvalue weighted by atomic mass is 32.2. The van der Waals surface area contributed by atoms with Gasteiger partial charge in [0, 0.05) is 13.1 Å². The van der Waals surface area contributed by atoms with E-state index >= 15 is 0 Å². The maximum Gasteiger partial charge on any atom is 0.232 e. The van der Waals surface area contributed by atoms with Crippen LogP contribution < -0.4 is 10.6 Å². The maximum absolute atomic E-state index is 10.8. The van der Waals surface area contributed by atoms with E-state index in [-0.39, 0.29) is 4.99 Å². The van der Waals surface area contributed by atoms with E-state index in [0.717, 1.165) is 0 Å². The third kappa shape index (κ3) is 3.38. The highest BCUT2D eigenvalue weighted by Gasteiger charge is 2.21. The van der Waals surface area contributed by atoms with Crippen LogP contribution in [-0.4, -0.2) is 39.3 Å². The van der Waals surface area contributed by atoms with E-state index in [1.165, 1.54) is 0 Å². The van der Waals surface area contributed by atoms with Crippen molar-refractivity contribution in [3.63, 3.8) is 0 Å². The molecular weight excluding hydrogens is 204 g/mol. The first-order valence-corrected chi connectivity index (χ1v) is 5.73. The molecule has 0 radical (unpaired) electrons. The van der Waals surface area contributed by atoms with E-state index in [9.17, 15) is 8.42 Å². The summed E-state index contributed by atoms with van der Waals surface area (Å²) < 4.78 is 27.0. The van der Waals surface area contributed by atoms with Gasteiger partial charge >= 0.3 is 0 Å². The first kappa shape index (κ1) is 11.6. The molecule has 1 rings (SSSR count). The van der Waals surface area contributed by atoms with Crippen molar-refractivity contribution in [2.75, 3.05) is 19.7 Å². The van der Waals surface area contributed by atoms with Gasteiger partial charge in [0.1, 0.15) is 0 Å². The van der Waals surface area contributed by atoms with E-state index < -0.39 is 16.5 Å². The first-order chi connectivity index (χ1) is 6.61. The average Bonchev–Trinajstić information content (AvgIpc) is 2.15. The molecule has 0 spiro atoms. The normalized spacial score (nSPS) is 22.8. The van der Waals surface area contributed by atoms with Gasteiger partial charge < -0.3 is 4.74 Å². The molecule has 1 atom stereocenters. The second kappa shape index (κ2) is 5.45. The predicted octanol–water partition coefficient (Wildman–Crippen LogP) is -0.813. The Kier molecular flexibility index (Phi) is 4.53. The Bertz CT molecular complexity index is 303.